The summed E-state index contributed by atoms with van der Waals surface area (Å²) < 4.78 is 5.32. The summed E-state index contributed by atoms with van der Waals surface area (Å²) in [4.78, 5) is 11.2. The van der Waals surface area contributed by atoms with Crippen LogP contribution in [0.4, 0.5) is 4.79 Å². The number of amides is 1. The number of alkyl carbamates (subject to hydrolysis) is 1. The van der Waals surface area contributed by atoms with Gasteiger partial charge in [0.25, 0.3) is 0 Å². The molecule has 1 rings (SSSR count). The molecule has 15 heavy (non-hydrogen) atoms. The van der Waals surface area contributed by atoms with E-state index in [0.717, 1.165) is 12.8 Å². The molecule has 0 bridgehead atoms. The van der Waals surface area contributed by atoms with Crippen LogP contribution in [0.2, 0.25) is 0 Å². The third-order valence-corrected chi connectivity index (χ3v) is 2.87. The second-order valence-electron chi connectivity index (χ2n) is 5.44. The van der Waals surface area contributed by atoms with Crippen molar-refractivity contribution in [2.45, 2.75) is 65.5 Å². The lowest BCUT2D eigenvalue weighted by Gasteiger charge is -2.29. The maximum atomic E-state index is 11.2. The molecule has 0 spiro atoms. The minimum absolute atomic E-state index is 0.0156. The summed E-state index contributed by atoms with van der Waals surface area (Å²) in [6.07, 6.45) is 4.39. The smallest absolute Gasteiger partial charge is 0.407 e. The highest BCUT2D eigenvalue weighted by molar-refractivity contribution is 5.70. The van der Waals surface area contributed by atoms with E-state index >= 15 is 0 Å². The average molecular weight is 213 g/mol. The summed E-state index contributed by atoms with van der Waals surface area (Å²) in [5, 5.41) is 2.91. The number of nitrogens with one attached hydrogen (secondary N) is 1. The lowest BCUT2D eigenvalue weighted by Crippen LogP contribution is -2.39. The summed E-state index contributed by atoms with van der Waals surface area (Å²) in [5.74, 6) is 0. The number of ether oxygens (including phenoxy) is 1. The van der Waals surface area contributed by atoms with Gasteiger partial charge in [0.2, 0.25) is 0 Å². The van der Waals surface area contributed by atoms with Crippen LogP contribution in [-0.4, -0.2) is 18.2 Å². The van der Waals surface area contributed by atoms with Crippen LogP contribution < -0.4 is 5.32 Å². The molecule has 3 heteroatoms. The first-order chi connectivity index (χ1) is 6.95. The molecule has 1 aliphatic rings. The van der Waals surface area contributed by atoms with Crippen molar-refractivity contribution in [3.05, 3.63) is 0 Å². The van der Waals surface area contributed by atoms with Crippen molar-refractivity contribution in [3.8, 4) is 0 Å². The van der Waals surface area contributed by atoms with Gasteiger partial charge in [-0.15, -0.1) is 0 Å². The van der Waals surface area contributed by atoms with Gasteiger partial charge < -0.3 is 10.1 Å². The minimum atomic E-state index is -0.253. The van der Waals surface area contributed by atoms with Gasteiger partial charge >= 0.3 is 6.09 Å². The number of carbonyl (C=O) groups is 1. The van der Waals surface area contributed by atoms with Crippen LogP contribution >= 0.6 is 0 Å². The molecule has 1 N–H and O–H groups in total. The second kappa shape index (κ2) is 4.86. The maximum absolute atomic E-state index is 11.2. The molecule has 0 saturated carbocycles. The molecule has 2 atom stereocenters. The molecular formula is C12H23NO2. The molecule has 0 aromatic carbocycles. The molecule has 1 aliphatic heterocycles. The van der Waals surface area contributed by atoms with Gasteiger partial charge in [-0.1, -0.05) is 47.0 Å². The molecular weight excluding hydrogens is 190 g/mol. The number of cyclic esters (lactones) is 1. The van der Waals surface area contributed by atoms with Crippen molar-refractivity contribution in [1.82, 2.24) is 5.32 Å². The van der Waals surface area contributed by atoms with Gasteiger partial charge in [-0.3, -0.25) is 0 Å². The molecule has 1 fully saturated rings. The summed E-state index contributed by atoms with van der Waals surface area (Å²) >= 11 is 0. The van der Waals surface area contributed by atoms with Crippen LogP contribution in [0.1, 0.15) is 53.4 Å². The monoisotopic (exact) mass is 213 g/mol. The number of hydrogen-bond donors (Lipinski definition) is 1. The highest BCUT2D eigenvalue weighted by atomic mass is 16.6. The fourth-order valence-electron chi connectivity index (χ4n) is 2.08. The topological polar surface area (TPSA) is 38.3 Å². The Morgan fingerprint density at radius 3 is 2.53 bits per heavy atom. The second-order valence-corrected chi connectivity index (χ2v) is 5.44. The Kier molecular flexibility index (Phi) is 4.00. The number of unbranched alkanes of at least 4 members (excludes halogenated alkanes) is 2. The van der Waals surface area contributed by atoms with Gasteiger partial charge in [0, 0.05) is 5.41 Å². The third kappa shape index (κ3) is 3.40. The number of rotatable bonds is 4. The van der Waals surface area contributed by atoms with Gasteiger partial charge in [0.1, 0.15) is 6.10 Å². The molecule has 0 aliphatic carbocycles. The first-order valence-electron chi connectivity index (χ1n) is 5.92. The van der Waals surface area contributed by atoms with Crippen LogP contribution in [0.25, 0.3) is 0 Å². The van der Waals surface area contributed by atoms with E-state index in [9.17, 15) is 4.79 Å². The zero-order valence-corrected chi connectivity index (χ0v) is 10.3. The van der Waals surface area contributed by atoms with Gasteiger partial charge in [0.15, 0.2) is 0 Å². The highest BCUT2D eigenvalue weighted by Gasteiger charge is 2.41. The van der Waals surface area contributed by atoms with E-state index in [1.54, 1.807) is 0 Å². The predicted molar refractivity (Wildman–Crippen MR) is 60.8 cm³/mol. The minimum Gasteiger partial charge on any atom is -0.443 e. The van der Waals surface area contributed by atoms with Gasteiger partial charge in [-0.25, -0.2) is 4.79 Å². The molecule has 0 aromatic rings. The van der Waals surface area contributed by atoms with E-state index in [1.807, 2.05) is 0 Å². The van der Waals surface area contributed by atoms with Crippen LogP contribution in [0.5, 0.6) is 0 Å². The first-order valence-corrected chi connectivity index (χ1v) is 5.92. The van der Waals surface area contributed by atoms with Crippen molar-refractivity contribution in [3.63, 3.8) is 0 Å². The molecule has 0 unspecified atom stereocenters. The molecule has 1 saturated heterocycles. The van der Waals surface area contributed by atoms with Crippen molar-refractivity contribution in [1.29, 1.82) is 0 Å². The normalized spacial score (nSPS) is 26.3. The Hall–Kier alpha value is -0.730. The van der Waals surface area contributed by atoms with Crippen LogP contribution in [0.3, 0.4) is 0 Å². The zero-order chi connectivity index (χ0) is 11.5. The van der Waals surface area contributed by atoms with Crippen LogP contribution in [0.15, 0.2) is 0 Å². The number of hydrogen-bond acceptors (Lipinski definition) is 2. The molecule has 1 heterocycles. The Balaban J connectivity index is 2.50. The lowest BCUT2D eigenvalue weighted by molar-refractivity contribution is 0.0540. The standard InChI is InChI=1S/C12H23NO2/c1-5-6-7-8-9-10(12(2,3)4)15-11(14)13-9/h9-10H,5-8H2,1-4H3,(H,13,14)/t9-,10+/m1/s1. The summed E-state index contributed by atoms with van der Waals surface area (Å²) in [6.45, 7) is 8.53. The van der Waals surface area contributed by atoms with Crippen molar-refractivity contribution in [2.24, 2.45) is 5.41 Å². The lowest BCUT2D eigenvalue weighted by atomic mass is 9.83. The average Bonchev–Trinajstić information content (AvgIpc) is 2.47. The van der Waals surface area contributed by atoms with E-state index < -0.39 is 0 Å². The SMILES string of the molecule is CCCCC[C@H]1NC(=O)O[C@@H]1C(C)(C)C. The third-order valence-electron chi connectivity index (χ3n) is 2.87. The molecule has 0 radical (unpaired) electrons. The first kappa shape index (κ1) is 12.3. The Bertz CT molecular complexity index is 220. The van der Waals surface area contributed by atoms with Gasteiger partial charge in [0.05, 0.1) is 6.04 Å². The Morgan fingerprint density at radius 2 is 2.00 bits per heavy atom. The van der Waals surface area contributed by atoms with Crippen LogP contribution in [0, 0.1) is 5.41 Å². The Morgan fingerprint density at radius 1 is 1.33 bits per heavy atom. The quantitative estimate of drug-likeness (QED) is 0.729. The van der Waals surface area contributed by atoms with Crippen molar-refractivity contribution >= 4 is 6.09 Å². The molecule has 0 aromatic heterocycles. The van der Waals surface area contributed by atoms with E-state index in [4.69, 9.17) is 4.74 Å². The Labute approximate surface area is 92.6 Å². The van der Waals surface area contributed by atoms with E-state index in [1.165, 1.54) is 12.8 Å². The largest absolute Gasteiger partial charge is 0.443 e. The summed E-state index contributed by atoms with van der Waals surface area (Å²) in [6, 6.07) is 0.198. The molecule has 1 amide bonds. The van der Waals surface area contributed by atoms with Crippen molar-refractivity contribution in [2.75, 3.05) is 0 Å². The molecule has 3 nitrogen and oxygen atoms in total. The fourth-order valence-corrected chi connectivity index (χ4v) is 2.08. The molecule has 88 valence electrons. The van der Waals surface area contributed by atoms with Crippen LogP contribution in [-0.2, 0) is 4.74 Å². The van der Waals surface area contributed by atoms with Crippen molar-refractivity contribution < 1.29 is 9.53 Å². The maximum Gasteiger partial charge on any atom is 0.407 e. The summed E-state index contributed by atoms with van der Waals surface area (Å²) in [5.41, 5.74) is 0.0239. The fraction of sp³-hybridized carbons (Fsp3) is 0.917. The van der Waals surface area contributed by atoms with E-state index in [-0.39, 0.29) is 23.7 Å². The van der Waals surface area contributed by atoms with E-state index in [0.29, 0.717) is 0 Å². The van der Waals surface area contributed by atoms with Gasteiger partial charge in [-0.2, -0.15) is 0 Å². The highest BCUT2D eigenvalue weighted by Crippen LogP contribution is 2.30. The van der Waals surface area contributed by atoms with E-state index in [2.05, 4.69) is 33.0 Å². The summed E-state index contributed by atoms with van der Waals surface area (Å²) in [7, 11) is 0. The van der Waals surface area contributed by atoms with Gasteiger partial charge in [-0.05, 0) is 6.42 Å². The predicted octanol–water partition coefficient (Wildman–Crippen LogP) is 3.09. The number of carbonyl (C=O) groups excluding carboxylic acids is 1. The zero-order valence-electron chi connectivity index (χ0n) is 10.3.